The summed E-state index contributed by atoms with van der Waals surface area (Å²) in [4.78, 5) is 1.06. The minimum Gasteiger partial charge on any atom is -0.399 e. The van der Waals surface area contributed by atoms with Crippen LogP contribution in [0.2, 0.25) is 4.34 Å². The predicted octanol–water partition coefficient (Wildman–Crippen LogP) is 2.65. The van der Waals surface area contributed by atoms with Crippen LogP contribution in [0.25, 0.3) is 0 Å². The predicted molar refractivity (Wildman–Crippen MR) is 84.5 cm³/mol. The first-order valence-electron chi connectivity index (χ1n) is 6.00. The normalized spacial score (nSPS) is 11.7. The zero-order valence-electron chi connectivity index (χ0n) is 10.7. The van der Waals surface area contributed by atoms with Gasteiger partial charge in [-0.05, 0) is 36.2 Å². The highest BCUT2D eigenvalue weighted by atomic mass is 35.5. The summed E-state index contributed by atoms with van der Waals surface area (Å²) >= 11 is 7.28. The van der Waals surface area contributed by atoms with Crippen LogP contribution in [0, 0.1) is 0 Å². The molecule has 0 radical (unpaired) electrons. The van der Waals surface area contributed by atoms with Gasteiger partial charge in [0.05, 0.1) is 10.1 Å². The molecule has 7 heteroatoms. The average molecular weight is 331 g/mol. The van der Waals surface area contributed by atoms with Gasteiger partial charge in [0.25, 0.3) is 0 Å². The second-order valence-corrected chi connectivity index (χ2v) is 7.96. The molecule has 0 saturated heterocycles. The summed E-state index contributed by atoms with van der Waals surface area (Å²) in [6, 6.07) is 10.6. The zero-order valence-corrected chi connectivity index (χ0v) is 13.1. The number of anilines is 1. The summed E-state index contributed by atoms with van der Waals surface area (Å²) in [5.74, 6) is -0.0662. The third kappa shape index (κ3) is 4.79. The van der Waals surface area contributed by atoms with Crippen molar-refractivity contribution < 1.29 is 8.42 Å². The average Bonchev–Trinajstić information content (AvgIpc) is 2.74. The number of nitrogens with one attached hydrogen (secondary N) is 1. The fourth-order valence-corrected chi connectivity index (χ4v) is 3.99. The van der Waals surface area contributed by atoms with E-state index in [4.69, 9.17) is 17.3 Å². The van der Waals surface area contributed by atoms with Crippen molar-refractivity contribution in [2.75, 3.05) is 12.3 Å². The lowest BCUT2D eigenvalue weighted by Crippen LogP contribution is -2.27. The topological polar surface area (TPSA) is 72.2 Å². The minimum atomic E-state index is -3.35. The summed E-state index contributed by atoms with van der Waals surface area (Å²) in [5.41, 5.74) is 6.87. The van der Waals surface area contributed by atoms with Gasteiger partial charge in [0.2, 0.25) is 10.0 Å². The highest BCUT2D eigenvalue weighted by molar-refractivity contribution is 7.88. The van der Waals surface area contributed by atoms with E-state index in [9.17, 15) is 8.42 Å². The number of benzene rings is 1. The fraction of sp³-hybridized carbons (Fsp3) is 0.231. The maximum absolute atomic E-state index is 11.9. The van der Waals surface area contributed by atoms with Gasteiger partial charge in [0.15, 0.2) is 0 Å². The minimum absolute atomic E-state index is 0.0662. The monoisotopic (exact) mass is 330 g/mol. The number of halogens is 1. The standard InChI is InChI=1S/C13H15ClN2O2S2/c14-13-5-4-12(19-13)6-7-16-20(17,18)9-10-2-1-3-11(15)8-10/h1-5,8,16H,6-7,9,15H2. The Balaban J connectivity index is 1.88. The molecule has 0 unspecified atom stereocenters. The van der Waals surface area contributed by atoms with Crippen molar-refractivity contribution in [3.8, 4) is 0 Å². The van der Waals surface area contributed by atoms with E-state index in [0.29, 0.717) is 28.6 Å². The van der Waals surface area contributed by atoms with Crippen molar-refractivity contribution in [2.45, 2.75) is 12.2 Å². The van der Waals surface area contributed by atoms with Gasteiger partial charge in [-0.25, -0.2) is 13.1 Å². The molecule has 20 heavy (non-hydrogen) atoms. The molecule has 0 aliphatic heterocycles. The largest absolute Gasteiger partial charge is 0.399 e. The van der Waals surface area contributed by atoms with Crippen molar-refractivity contribution in [1.82, 2.24) is 4.72 Å². The molecule has 0 saturated carbocycles. The molecule has 0 amide bonds. The van der Waals surface area contributed by atoms with Gasteiger partial charge < -0.3 is 5.73 Å². The van der Waals surface area contributed by atoms with E-state index in [1.807, 2.05) is 12.1 Å². The quantitative estimate of drug-likeness (QED) is 0.800. The zero-order chi connectivity index (χ0) is 14.6. The van der Waals surface area contributed by atoms with E-state index in [0.717, 1.165) is 4.88 Å². The number of nitrogen functional groups attached to an aromatic ring is 1. The molecule has 1 aromatic heterocycles. The van der Waals surface area contributed by atoms with Crippen molar-refractivity contribution in [3.63, 3.8) is 0 Å². The lowest BCUT2D eigenvalue weighted by atomic mass is 10.2. The second kappa shape index (κ2) is 6.58. The summed E-state index contributed by atoms with van der Waals surface area (Å²) < 4.78 is 27.2. The van der Waals surface area contributed by atoms with Crippen LogP contribution in [0.15, 0.2) is 36.4 Å². The molecule has 3 N–H and O–H groups in total. The lowest BCUT2D eigenvalue weighted by molar-refractivity contribution is 0.581. The van der Waals surface area contributed by atoms with Gasteiger partial charge in [-0.1, -0.05) is 23.7 Å². The molecule has 2 aromatic rings. The molecule has 0 fully saturated rings. The van der Waals surface area contributed by atoms with Gasteiger partial charge >= 0.3 is 0 Å². The van der Waals surface area contributed by atoms with E-state index in [1.54, 1.807) is 24.3 Å². The van der Waals surface area contributed by atoms with E-state index in [2.05, 4.69) is 4.72 Å². The molecule has 2 rings (SSSR count). The Bertz CT molecular complexity index is 683. The summed E-state index contributed by atoms with van der Waals surface area (Å²) in [6.07, 6.45) is 0.632. The molecule has 0 spiro atoms. The number of nitrogens with two attached hydrogens (primary N) is 1. The molecule has 0 aliphatic carbocycles. The Labute approximate surface area is 127 Å². The SMILES string of the molecule is Nc1cccc(CS(=O)(=O)NCCc2ccc(Cl)s2)c1. The smallest absolute Gasteiger partial charge is 0.215 e. The number of rotatable bonds is 6. The van der Waals surface area contributed by atoms with Gasteiger partial charge in [-0.2, -0.15) is 0 Å². The van der Waals surface area contributed by atoms with Crippen LogP contribution < -0.4 is 10.5 Å². The van der Waals surface area contributed by atoms with Crippen LogP contribution in [0.5, 0.6) is 0 Å². The van der Waals surface area contributed by atoms with Gasteiger partial charge in [0, 0.05) is 17.1 Å². The molecule has 0 bridgehead atoms. The number of hydrogen-bond acceptors (Lipinski definition) is 4. The molecule has 4 nitrogen and oxygen atoms in total. The first-order valence-corrected chi connectivity index (χ1v) is 8.85. The molecular weight excluding hydrogens is 316 g/mol. The van der Waals surface area contributed by atoms with Crippen molar-refractivity contribution in [2.24, 2.45) is 0 Å². The molecule has 0 aliphatic rings. The fourth-order valence-electron chi connectivity index (χ4n) is 1.77. The first kappa shape index (κ1) is 15.3. The van der Waals surface area contributed by atoms with Crippen molar-refractivity contribution in [1.29, 1.82) is 0 Å². The molecule has 1 aromatic carbocycles. The maximum atomic E-state index is 11.9. The van der Waals surface area contributed by atoms with Crippen LogP contribution in [-0.4, -0.2) is 15.0 Å². The van der Waals surface area contributed by atoms with Crippen LogP contribution in [0.4, 0.5) is 5.69 Å². The van der Waals surface area contributed by atoms with E-state index < -0.39 is 10.0 Å². The Morgan fingerprint density at radius 1 is 1.25 bits per heavy atom. The van der Waals surface area contributed by atoms with Gasteiger partial charge in [0.1, 0.15) is 0 Å². The highest BCUT2D eigenvalue weighted by Crippen LogP contribution is 2.21. The second-order valence-electron chi connectivity index (χ2n) is 4.35. The molecule has 1 heterocycles. The molecule has 108 valence electrons. The van der Waals surface area contributed by atoms with Crippen LogP contribution in [0.3, 0.4) is 0 Å². The van der Waals surface area contributed by atoms with Crippen LogP contribution in [0.1, 0.15) is 10.4 Å². The Kier molecular flexibility index (Phi) is 5.04. The van der Waals surface area contributed by atoms with Crippen molar-refractivity contribution >= 4 is 38.6 Å². The highest BCUT2D eigenvalue weighted by Gasteiger charge is 2.11. The summed E-state index contributed by atoms with van der Waals surface area (Å²) in [6.45, 7) is 0.363. The van der Waals surface area contributed by atoms with E-state index in [1.165, 1.54) is 11.3 Å². The third-order valence-corrected chi connectivity index (χ3v) is 5.28. The third-order valence-electron chi connectivity index (χ3n) is 2.63. The number of hydrogen-bond donors (Lipinski definition) is 2. The van der Waals surface area contributed by atoms with Gasteiger partial charge in [-0.15, -0.1) is 11.3 Å². The van der Waals surface area contributed by atoms with Crippen LogP contribution in [-0.2, 0) is 22.2 Å². The Morgan fingerprint density at radius 3 is 2.70 bits per heavy atom. The van der Waals surface area contributed by atoms with E-state index >= 15 is 0 Å². The summed E-state index contributed by atoms with van der Waals surface area (Å²) in [7, 11) is -3.35. The Morgan fingerprint density at radius 2 is 2.05 bits per heavy atom. The number of thiophene rings is 1. The van der Waals surface area contributed by atoms with Crippen molar-refractivity contribution in [3.05, 3.63) is 51.2 Å². The number of sulfonamides is 1. The summed E-state index contributed by atoms with van der Waals surface area (Å²) in [5, 5.41) is 0. The maximum Gasteiger partial charge on any atom is 0.215 e. The Hall–Kier alpha value is -1.08. The van der Waals surface area contributed by atoms with Gasteiger partial charge in [-0.3, -0.25) is 0 Å². The lowest BCUT2D eigenvalue weighted by Gasteiger charge is -2.06. The molecule has 0 atom stereocenters. The van der Waals surface area contributed by atoms with E-state index in [-0.39, 0.29) is 5.75 Å². The molecular formula is C13H15ClN2O2S2. The first-order chi connectivity index (χ1) is 9.44. The van der Waals surface area contributed by atoms with Crippen LogP contribution >= 0.6 is 22.9 Å².